The molecule has 3 nitrogen and oxygen atoms in total. The molecule has 1 unspecified atom stereocenters. The molecule has 0 aliphatic rings. The van der Waals surface area contributed by atoms with E-state index in [1.54, 1.807) is 12.5 Å². The SMILES string of the molecule is NC(CO)Cc1ccoc1. The Morgan fingerprint density at radius 2 is 2.50 bits per heavy atom. The lowest BCUT2D eigenvalue weighted by atomic mass is 10.1. The maximum absolute atomic E-state index is 8.58. The summed E-state index contributed by atoms with van der Waals surface area (Å²) in [7, 11) is 0. The third-order valence-corrected chi connectivity index (χ3v) is 1.31. The fourth-order valence-corrected chi connectivity index (χ4v) is 0.776. The van der Waals surface area contributed by atoms with Crippen molar-refractivity contribution in [3.8, 4) is 0 Å². The topological polar surface area (TPSA) is 59.4 Å². The first-order chi connectivity index (χ1) is 4.83. The first-order valence-corrected chi connectivity index (χ1v) is 3.20. The summed E-state index contributed by atoms with van der Waals surface area (Å²) in [6.07, 6.45) is 3.90. The van der Waals surface area contributed by atoms with Crippen molar-refractivity contribution in [2.45, 2.75) is 12.5 Å². The van der Waals surface area contributed by atoms with Crippen LogP contribution in [0.4, 0.5) is 0 Å². The molecule has 0 aliphatic carbocycles. The van der Waals surface area contributed by atoms with Crippen molar-refractivity contribution in [1.29, 1.82) is 0 Å². The van der Waals surface area contributed by atoms with Crippen LogP contribution in [0.15, 0.2) is 23.0 Å². The molecule has 0 aromatic carbocycles. The fraction of sp³-hybridized carbons (Fsp3) is 0.429. The van der Waals surface area contributed by atoms with E-state index in [9.17, 15) is 0 Å². The van der Waals surface area contributed by atoms with E-state index in [-0.39, 0.29) is 12.6 Å². The quantitative estimate of drug-likeness (QED) is 0.629. The summed E-state index contributed by atoms with van der Waals surface area (Å²) < 4.78 is 4.82. The molecule has 3 heteroatoms. The summed E-state index contributed by atoms with van der Waals surface area (Å²) >= 11 is 0. The Balaban J connectivity index is 2.40. The lowest BCUT2D eigenvalue weighted by molar-refractivity contribution is 0.265. The van der Waals surface area contributed by atoms with Gasteiger partial charge in [0.1, 0.15) is 0 Å². The number of nitrogens with two attached hydrogens (primary N) is 1. The number of hydrogen-bond acceptors (Lipinski definition) is 3. The molecule has 1 rings (SSSR count). The zero-order valence-corrected chi connectivity index (χ0v) is 5.66. The summed E-state index contributed by atoms with van der Waals surface area (Å²) in [5.41, 5.74) is 6.50. The van der Waals surface area contributed by atoms with E-state index in [0.717, 1.165) is 5.56 Å². The average molecular weight is 141 g/mol. The molecule has 0 aliphatic heterocycles. The number of furan rings is 1. The summed E-state index contributed by atoms with van der Waals surface area (Å²) in [5, 5.41) is 8.58. The lowest BCUT2D eigenvalue weighted by Crippen LogP contribution is -2.26. The Kier molecular flexibility index (Phi) is 2.48. The number of aliphatic hydroxyl groups excluding tert-OH is 1. The Bertz CT molecular complexity index is 172. The van der Waals surface area contributed by atoms with Gasteiger partial charge in [0.05, 0.1) is 19.1 Å². The van der Waals surface area contributed by atoms with Gasteiger partial charge in [-0.05, 0) is 18.1 Å². The molecule has 3 N–H and O–H groups in total. The van der Waals surface area contributed by atoms with E-state index in [1.165, 1.54) is 0 Å². The van der Waals surface area contributed by atoms with Crippen LogP contribution >= 0.6 is 0 Å². The summed E-state index contributed by atoms with van der Waals surface area (Å²) in [5.74, 6) is 0. The summed E-state index contributed by atoms with van der Waals surface area (Å²) in [4.78, 5) is 0. The van der Waals surface area contributed by atoms with E-state index >= 15 is 0 Å². The monoisotopic (exact) mass is 141 g/mol. The van der Waals surface area contributed by atoms with E-state index in [0.29, 0.717) is 6.42 Å². The first-order valence-electron chi connectivity index (χ1n) is 3.20. The van der Waals surface area contributed by atoms with Crippen LogP contribution in [0, 0.1) is 0 Å². The van der Waals surface area contributed by atoms with Crippen LogP contribution in [0.1, 0.15) is 5.56 Å². The van der Waals surface area contributed by atoms with Gasteiger partial charge in [-0.3, -0.25) is 0 Å². The Hall–Kier alpha value is -0.800. The van der Waals surface area contributed by atoms with Crippen molar-refractivity contribution < 1.29 is 9.52 Å². The van der Waals surface area contributed by atoms with Crippen molar-refractivity contribution >= 4 is 0 Å². The molecule has 1 heterocycles. The second kappa shape index (κ2) is 3.39. The van der Waals surface area contributed by atoms with Gasteiger partial charge >= 0.3 is 0 Å². The zero-order chi connectivity index (χ0) is 7.40. The van der Waals surface area contributed by atoms with E-state index in [4.69, 9.17) is 15.3 Å². The molecule has 1 atom stereocenters. The number of rotatable bonds is 3. The highest BCUT2D eigenvalue weighted by Gasteiger charge is 2.01. The van der Waals surface area contributed by atoms with Gasteiger partial charge in [-0.2, -0.15) is 0 Å². The predicted molar refractivity (Wildman–Crippen MR) is 37.5 cm³/mol. The Labute approximate surface area is 59.5 Å². The lowest BCUT2D eigenvalue weighted by Gasteiger charge is -2.03. The molecule has 0 spiro atoms. The maximum atomic E-state index is 8.58. The minimum absolute atomic E-state index is 0.0190. The molecular formula is C7H11NO2. The molecule has 1 aromatic heterocycles. The van der Waals surface area contributed by atoms with Gasteiger partial charge in [0, 0.05) is 6.04 Å². The minimum atomic E-state index is -0.169. The normalized spacial score (nSPS) is 13.4. The molecule has 0 fully saturated rings. The molecule has 0 saturated heterocycles. The molecule has 10 heavy (non-hydrogen) atoms. The van der Waals surface area contributed by atoms with E-state index in [1.807, 2.05) is 6.07 Å². The maximum Gasteiger partial charge on any atom is 0.0935 e. The molecule has 0 radical (unpaired) electrons. The van der Waals surface area contributed by atoms with Gasteiger partial charge in [-0.25, -0.2) is 0 Å². The van der Waals surface area contributed by atoms with Gasteiger partial charge in [0.15, 0.2) is 0 Å². The molecule has 1 aromatic rings. The second-order valence-electron chi connectivity index (χ2n) is 2.28. The highest BCUT2D eigenvalue weighted by atomic mass is 16.3. The molecular weight excluding hydrogens is 130 g/mol. The van der Waals surface area contributed by atoms with Gasteiger partial charge in [0.25, 0.3) is 0 Å². The number of aliphatic hydroxyl groups is 1. The van der Waals surface area contributed by atoms with Crippen LogP contribution < -0.4 is 5.73 Å². The van der Waals surface area contributed by atoms with Crippen LogP contribution in [0.3, 0.4) is 0 Å². The van der Waals surface area contributed by atoms with Crippen molar-refractivity contribution in [2.75, 3.05) is 6.61 Å². The van der Waals surface area contributed by atoms with Crippen LogP contribution in [0.5, 0.6) is 0 Å². The summed E-state index contributed by atoms with van der Waals surface area (Å²) in [6.45, 7) is 0.0190. The van der Waals surface area contributed by atoms with E-state index < -0.39 is 0 Å². The Morgan fingerprint density at radius 1 is 1.70 bits per heavy atom. The smallest absolute Gasteiger partial charge is 0.0935 e. The largest absolute Gasteiger partial charge is 0.472 e. The van der Waals surface area contributed by atoms with Crippen molar-refractivity contribution in [3.63, 3.8) is 0 Å². The van der Waals surface area contributed by atoms with Crippen LogP contribution in [0.2, 0.25) is 0 Å². The highest BCUT2D eigenvalue weighted by molar-refractivity contribution is 5.06. The van der Waals surface area contributed by atoms with Crippen molar-refractivity contribution in [2.24, 2.45) is 5.73 Å². The predicted octanol–water partition coefficient (Wildman–Crippen LogP) is 0.142. The van der Waals surface area contributed by atoms with Gasteiger partial charge in [-0.1, -0.05) is 0 Å². The van der Waals surface area contributed by atoms with E-state index in [2.05, 4.69) is 0 Å². The molecule has 56 valence electrons. The third-order valence-electron chi connectivity index (χ3n) is 1.31. The first kappa shape index (κ1) is 7.31. The highest BCUT2D eigenvalue weighted by Crippen LogP contribution is 2.01. The standard InChI is InChI=1S/C7H11NO2/c8-7(4-9)3-6-1-2-10-5-6/h1-2,5,7,9H,3-4,8H2. The average Bonchev–Trinajstić information content (AvgIpc) is 2.40. The number of hydrogen-bond donors (Lipinski definition) is 2. The summed E-state index contributed by atoms with van der Waals surface area (Å²) in [6, 6.07) is 1.67. The van der Waals surface area contributed by atoms with Gasteiger partial charge in [-0.15, -0.1) is 0 Å². The van der Waals surface area contributed by atoms with Gasteiger partial charge < -0.3 is 15.3 Å². The fourth-order valence-electron chi connectivity index (χ4n) is 0.776. The van der Waals surface area contributed by atoms with Crippen molar-refractivity contribution in [1.82, 2.24) is 0 Å². The van der Waals surface area contributed by atoms with Crippen LogP contribution in [-0.2, 0) is 6.42 Å². The second-order valence-corrected chi connectivity index (χ2v) is 2.28. The van der Waals surface area contributed by atoms with Crippen LogP contribution in [-0.4, -0.2) is 17.8 Å². The Morgan fingerprint density at radius 3 is 3.00 bits per heavy atom. The molecule has 0 amide bonds. The van der Waals surface area contributed by atoms with Crippen LogP contribution in [0.25, 0.3) is 0 Å². The molecule has 0 bridgehead atoms. The molecule has 0 saturated carbocycles. The van der Waals surface area contributed by atoms with Gasteiger partial charge in [0.2, 0.25) is 0 Å². The van der Waals surface area contributed by atoms with Crippen molar-refractivity contribution in [3.05, 3.63) is 24.2 Å². The minimum Gasteiger partial charge on any atom is -0.472 e. The zero-order valence-electron chi connectivity index (χ0n) is 5.66. The third kappa shape index (κ3) is 1.86.